The molecule has 100 valence electrons. The Hall–Kier alpha value is -1.35. The van der Waals surface area contributed by atoms with Crippen molar-refractivity contribution in [3.63, 3.8) is 0 Å². The molecule has 0 aliphatic rings. The minimum absolute atomic E-state index is 0.151. The topological polar surface area (TPSA) is 32.3 Å². The highest BCUT2D eigenvalue weighted by Gasteiger charge is 2.09. The second-order valence-electron chi connectivity index (χ2n) is 4.97. The number of nitrogens with zero attached hydrogens (tertiary/aromatic N) is 1. The third kappa shape index (κ3) is 5.32. The number of nitrogens with one attached hydrogen (secondary N) is 1. The van der Waals surface area contributed by atoms with Gasteiger partial charge < -0.3 is 10.2 Å². The van der Waals surface area contributed by atoms with Crippen molar-refractivity contribution in [3.8, 4) is 0 Å². The molecule has 0 aromatic heterocycles. The smallest absolute Gasteiger partial charge is 0.227 e. The SMILES string of the molecule is CC(C)CCNCCC(=O)N(C)c1ccccc1. The number of anilines is 1. The van der Waals surface area contributed by atoms with Crippen LogP contribution in [0.15, 0.2) is 30.3 Å². The summed E-state index contributed by atoms with van der Waals surface area (Å²) in [5.41, 5.74) is 0.949. The molecule has 0 unspecified atom stereocenters. The van der Waals surface area contributed by atoms with Crippen LogP contribution in [0.25, 0.3) is 0 Å². The lowest BCUT2D eigenvalue weighted by molar-refractivity contribution is -0.118. The van der Waals surface area contributed by atoms with Crippen molar-refractivity contribution < 1.29 is 4.79 Å². The van der Waals surface area contributed by atoms with Crippen LogP contribution < -0.4 is 10.2 Å². The fourth-order valence-electron chi connectivity index (χ4n) is 1.67. The van der Waals surface area contributed by atoms with E-state index in [1.54, 1.807) is 4.90 Å². The summed E-state index contributed by atoms with van der Waals surface area (Å²) in [6.45, 7) is 6.15. The van der Waals surface area contributed by atoms with Crippen molar-refractivity contribution in [2.75, 3.05) is 25.0 Å². The minimum Gasteiger partial charge on any atom is -0.316 e. The van der Waals surface area contributed by atoms with Crippen LogP contribution in [0.2, 0.25) is 0 Å². The van der Waals surface area contributed by atoms with Crippen molar-refractivity contribution in [1.82, 2.24) is 5.32 Å². The highest BCUT2D eigenvalue weighted by molar-refractivity contribution is 5.92. The quantitative estimate of drug-likeness (QED) is 0.752. The van der Waals surface area contributed by atoms with Crippen LogP contribution in [0.4, 0.5) is 5.69 Å². The normalized spacial score (nSPS) is 10.7. The van der Waals surface area contributed by atoms with Gasteiger partial charge in [0.05, 0.1) is 0 Å². The van der Waals surface area contributed by atoms with Gasteiger partial charge in [0, 0.05) is 25.7 Å². The summed E-state index contributed by atoms with van der Waals surface area (Å²) in [7, 11) is 1.83. The average Bonchev–Trinajstić information content (AvgIpc) is 2.38. The maximum atomic E-state index is 11.9. The molecule has 1 aromatic carbocycles. The Morgan fingerprint density at radius 3 is 2.50 bits per heavy atom. The molecule has 1 aromatic rings. The zero-order valence-electron chi connectivity index (χ0n) is 11.6. The van der Waals surface area contributed by atoms with Crippen LogP contribution in [0, 0.1) is 5.92 Å². The number of benzene rings is 1. The lowest BCUT2D eigenvalue weighted by atomic mass is 10.1. The Labute approximate surface area is 110 Å². The Morgan fingerprint density at radius 2 is 1.89 bits per heavy atom. The van der Waals surface area contributed by atoms with Gasteiger partial charge in [0.1, 0.15) is 0 Å². The molecule has 1 N–H and O–H groups in total. The van der Waals surface area contributed by atoms with Crippen molar-refractivity contribution in [2.45, 2.75) is 26.7 Å². The van der Waals surface area contributed by atoms with Gasteiger partial charge in [-0.25, -0.2) is 0 Å². The second kappa shape index (κ2) is 7.88. The van der Waals surface area contributed by atoms with E-state index in [0.29, 0.717) is 12.3 Å². The standard InChI is InChI=1S/C15H24N2O/c1-13(2)9-11-16-12-10-15(18)17(3)14-7-5-4-6-8-14/h4-8,13,16H,9-12H2,1-3H3. The van der Waals surface area contributed by atoms with Gasteiger partial charge in [-0.15, -0.1) is 0 Å². The second-order valence-corrected chi connectivity index (χ2v) is 4.97. The van der Waals surface area contributed by atoms with E-state index in [-0.39, 0.29) is 5.91 Å². The molecule has 0 saturated carbocycles. The number of amides is 1. The predicted molar refractivity (Wildman–Crippen MR) is 76.8 cm³/mol. The molecule has 18 heavy (non-hydrogen) atoms. The maximum Gasteiger partial charge on any atom is 0.227 e. The molecule has 3 heteroatoms. The summed E-state index contributed by atoms with van der Waals surface area (Å²) >= 11 is 0. The Bertz CT molecular complexity index is 349. The van der Waals surface area contributed by atoms with Crippen LogP contribution in [-0.4, -0.2) is 26.0 Å². The first-order valence-corrected chi connectivity index (χ1v) is 6.63. The van der Waals surface area contributed by atoms with Crippen molar-refractivity contribution in [2.24, 2.45) is 5.92 Å². The predicted octanol–water partition coefficient (Wildman–Crippen LogP) is 2.68. The van der Waals surface area contributed by atoms with E-state index in [0.717, 1.165) is 25.2 Å². The maximum absolute atomic E-state index is 11.9. The van der Waals surface area contributed by atoms with Crippen molar-refractivity contribution in [3.05, 3.63) is 30.3 Å². The van der Waals surface area contributed by atoms with E-state index in [2.05, 4.69) is 19.2 Å². The first-order chi connectivity index (χ1) is 8.61. The molecule has 0 saturated heterocycles. The number of hydrogen-bond acceptors (Lipinski definition) is 2. The molecule has 3 nitrogen and oxygen atoms in total. The van der Waals surface area contributed by atoms with Crippen LogP contribution in [0.5, 0.6) is 0 Å². The van der Waals surface area contributed by atoms with Gasteiger partial charge in [-0.05, 0) is 31.0 Å². The Kier molecular flexibility index (Phi) is 6.44. The molecule has 0 fully saturated rings. The lowest BCUT2D eigenvalue weighted by Gasteiger charge is -2.17. The summed E-state index contributed by atoms with van der Waals surface area (Å²) in [4.78, 5) is 13.6. The van der Waals surface area contributed by atoms with Gasteiger partial charge in [0.15, 0.2) is 0 Å². The lowest BCUT2D eigenvalue weighted by Crippen LogP contribution is -2.30. The van der Waals surface area contributed by atoms with E-state index < -0.39 is 0 Å². The average molecular weight is 248 g/mol. The molecule has 1 rings (SSSR count). The van der Waals surface area contributed by atoms with Crippen molar-refractivity contribution in [1.29, 1.82) is 0 Å². The first kappa shape index (κ1) is 14.7. The molecule has 0 radical (unpaired) electrons. The number of carbonyl (C=O) groups excluding carboxylic acids is 1. The summed E-state index contributed by atoms with van der Waals surface area (Å²) in [5, 5.41) is 3.31. The summed E-state index contributed by atoms with van der Waals surface area (Å²) in [5.74, 6) is 0.860. The number of carbonyl (C=O) groups is 1. The zero-order valence-corrected chi connectivity index (χ0v) is 11.6. The highest BCUT2D eigenvalue weighted by atomic mass is 16.2. The zero-order chi connectivity index (χ0) is 13.4. The Balaban J connectivity index is 2.25. The number of rotatable bonds is 7. The van der Waals surface area contributed by atoms with Crippen molar-refractivity contribution >= 4 is 11.6 Å². The Morgan fingerprint density at radius 1 is 1.22 bits per heavy atom. The van der Waals surface area contributed by atoms with Gasteiger partial charge in [0.25, 0.3) is 0 Å². The van der Waals surface area contributed by atoms with Gasteiger partial charge >= 0.3 is 0 Å². The van der Waals surface area contributed by atoms with Gasteiger partial charge in [-0.1, -0.05) is 32.0 Å². The summed E-state index contributed by atoms with van der Waals surface area (Å²) in [6.07, 6.45) is 1.70. The van der Waals surface area contributed by atoms with E-state index in [4.69, 9.17) is 0 Å². The molecule has 0 heterocycles. The minimum atomic E-state index is 0.151. The first-order valence-electron chi connectivity index (χ1n) is 6.63. The van der Waals surface area contributed by atoms with Gasteiger partial charge in [-0.3, -0.25) is 4.79 Å². The largest absolute Gasteiger partial charge is 0.316 e. The van der Waals surface area contributed by atoms with E-state index in [1.807, 2.05) is 37.4 Å². The molecule has 0 bridgehead atoms. The van der Waals surface area contributed by atoms with E-state index in [9.17, 15) is 4.79 Å². The molecule has 0 aliphatic carbocycles. The highest BCUT2D eigenvalue weighted by Crippen LogP contribution is 2.11. The van der Waals surface area contributed by atoms with Crippen LogP contribution in [0.3, 0.4) is 0 Å². The van der Waals surface area contributed by atoms with Gasteiger partial charge in [0.2, 0.25) is 5.91 Å². The molecule has 0 atom stereocenters. The van der Waals surface area contributed by atoms with Gasteiger partial charge in [-0.2, -0.15) is 0 Å². The molecular formula is C15H24N2O. The van der Waals surface area contributed by atoms with Crippen LogP contribution in [-0.2, 0) is 4.79 Å². The van der Waals surface area contributed by atoms with Crippen LogP contribution >= 0.6 is 0 Å². The monoisotopic (exact) mass is 248 g/mol. The summed E-state index contributed by atoms with van der Waals surface area (Å²) in [6, 6.07) is 9.74. The molecule has 1 amide bonds. The third-order valence-electron chi connectivity index (χ3n) is 2.93. The van der Waals surface area contributed by atoms with Crippen LogP contribution in [0.1, 0.15) is 26.7 Å². The third-order valence-corrected chi connectivity index (χ3v) is 2.93. The number of hydrogen-bond donors (Lipinski definition) is 1. The molecular weight excluding hydrogens is 224 g/mol. The van der Waals surface area contributed by atoms with E-state index >= 15 is 0 Å². The molecule has 0 spiro atoms. The number of para-hydroxylation sites is 1. The fourth-order valence-corrected chi connectivity index (χ4v) is 1.67. The fraction of sp³-hybridized carbons (Fsp3) is 0.533. The molecule has 0 aliphatic heterocycles. The summed E-state index contributed by atoms with van der Waals surface area (Å²) < 4.78 is 0. The van der Waals surface area contributed by atoms with E-state index in [1.165, 1.54) is 0 Å².